The summed E-state index contributed by atoms with van der Waals surface area (Å²) in [5, 5.41) is 22.9. The first-order chi connectivity index (χ1) is 25.1. The molecule has 4 amide bonds. The molecule has 4 aliphatic rings. The van der Waals surface area contributed by atoms with Gasteiger partial charge in [0.2, 0.25) is 11.8 Å². The number of hydrazine groups is 1. The quantitative estimate of drug-likeness (QED) is 0.105. The molecule has 12 heteroatoms. The molecule has 8 rings (SSSR count). The molecule has 2 saturated heterocycles. The number of aromatic hydroxyl groups is 1. The minimum atomic E-state index is -1.50. The summed E-state index contributed by atoms with van der Waals surface area (Å²) in [6.45, 7) is 1.94. The predicted molar refractivity (Wildman–Crippen MR) is 189 cm³/mol. The summed E-state index contributed by atoms with van der Waals surface area (Å²) < 4.78 is 5.82. The largest absolute Gasteiger partial charge is 0.508 e. The van der Waals surface area contributed by atoms with Gasteiger partial charge in [-0.15, -0.1) is 0 Å². The minimum Gasteiger partial charge on any atom is -0.508 e. The van der Waals surface area contributed by atoms with Crippen molar-refractivity contribution in [2.45, 2.75) is 31.1 Å². The van der Waals surface area contributed by atoms with Crippen LogP contribution in [-0.4, -0.2) is 45.8 Å². The Labute approximate surface area is 298 Å². The van der Waals surface area contributed by atoms with Crippen LogP contribution in [0.4, 0.5) is 17.1 Å². The van der Waals surface area contributed by atoms with Crippen LogP contribution in [0.15, 0.2) is 109 Å². The number of rotatable bonds is 7. The van der Waals surface area contributed by atoms with Gasteiger partial charge in [0.1, 0.15) is 11.5 Å². The van der Waals surface area contributed by atoms with Gasteiger partial charge in [0.25, 0.3) is 17.5 Å². The van der Waals surface area contributed by atoms with Crippen molar-refractivity contribution >= 4 is 40.7 Å². The number of nitrogens with zero attached hydrogens (tertiary/aromatic N) is 3. The zero-order valence-electron chi connectivity index (χ0n) is 28.3. The fourth-order valence-electron chi connectivity index (χ4n) is 9.01. The van der Waals surface area contributed by atoms with E-state index in [1.54, 1.807) is 18.2 Å². The van der Waals surface area contributed by atoms with E-state index in [-0.39, 0.29) is 30.0 Å². The molecular weight excluding hydrogens is 664 g/mol. The van der Waals surface area contributed by atoms with Gasteiger partial charge >= 0.3 is 0 Å². The monoisotopic (exact) mass is 698 g/mol. The average Bonchev–Trinajstić information content (AvgIpc) is 3.53. The van der Waals surface area contributed by atoms with E-state index in [9.17, 15) is 29.6 Å². The Morgan fingerprint density at radius 3 is 2.27 bits per heavy atom. The lowest BCUT2D eigenvalue weighted by molar-refractivity contribution is -0.384. The third-order valence-electron chi connectivity index (χ3n) is 11.2. The van der Waals surface area contributed by atoms with Crippen molar-refractivity contribution in [2.24, 2.45) is 23.7 Å². The summed E-state index contributed by atoms with van der Waals surface area (Å²) in [7, 11) is 1.46. The highest BCUT2D eigenvalue weighted by Gasteiger charge is 2.70. The van der Waals surface area contributed by atoms with Gasteiger partial charge in [-0.1, -0.05) is 65.7 Å². The summed E-state index contributed by atoms with van der Waals surface area (Å²) in [6, 6.07) is 26.4. The molecule has 0 unspecified atom stereocenters. The molecule has 0 spiro atoms. The van der Waals surface area contributed by atoms with E-state index in [1.165, 1.54) is 43.5 Å². The number of carbonyl (C=O) groups excluding carboxylic acids is 4. The number of phenols is 1. The molecule has 4 aromatic rings. The Morgan fingerprint density at radius 1 is 0.885 bits per heavy atom. The first-order valence-corrected chi connectivity index (χ1v) is 17.0. The van der Waals surface area contributed by atoms with E-state index in [0.717, 1.165) is 21.0 Å². The van der Waals surface area contributed by atoms with E-state index in [4.69, 9.17) is 4.74 Å². The van der Waals surface area contributed by atoms with Gasteiger partial charge in [0.05, 0.1) is 46.6 Å². The lowest BCUT2D eigenvalue weighted by Gasteiger charge is -2.50. The number of imide groups is 2. The van der Waals surface area contributed by atoms with Gasteiger partial charge in [-0.25, -0.2) is 0 Å². The third-order valence-corrected chi connectivity index (χ3v) is 11.2. The Balaban J connectivity index is 1.31. The number of nitro groups is 1. The van der Waals surface area contributed by atoms with Gasteiger partial charge in [-0.2, -0.15) is 5.01 Å². The fourth-order valence-corrected chi connectivity index (χ4v) is 9.01. The van der Waals surface area contributed by atoms with Gasteiger partial charge in [0.15, 0.2) is 0 Å². The number of phenolic OH excluding ortho intramolecular Hbond substituents is 1. The second kappa shape index (κ2) is 12.2. The molecule has 3 fully saturated rings. The molecular formula is C40H34N4O8. The first kappa shape index (κ1) is 32.9. The van der Waals surface area contributed by atoms with Crippen molar-refractivity contribution in [3.05, 3.63) is 136 Å². The summed E-state index contributed by atoms with van der Waals surface area (Å²) in [4.78, 5) is 70.4. The zero-order chi connectivity index (χ0) is 36.5. The number of amides is 4. The van der Waals surface area contributed by atoms with Crippen LogP contribution in [0.5, 0.6) is 11.5 Å². The van der Waals surface area contributed by atoms with Crippen LogP contribution in [0.1, 0.15) is 35.4 Å². The lowest BCUT2D eigenvalue weighted by atomic mass is 9.49. The molecule has 0 aromatic heterocycles. The number of benzene rings is 4. The Bertz CT molecular complexity index is 2190. The second-order valence-corrected chi connectivity index (χ2v) is 13.8. The summed E-state index contributed by atoms with van der Waals surface area (Å²) >= 11 is 0. The Hall–Kier alpha value is -6.30. The molecule has 6 atom stereocenters. The van der Waals surface area contributed by atoms with Crippen molar-refractivity contribution in [2.75, 3.05) is 17.4 Å². The predicted octanol–water partition coefficient (Wildman–Crippen LogP) is 5.81. The number of nitrogens with one attached hydrogen (secondary N) is 1. The van der Waals surface area contributed by atoms with Crippen LogP contribution in [0.3, 0.4) is 0 Å². The number of fused-ring (bicyclic) bond motifs is 4. The highest BCUT2D eigenvalue weighted by molar-refractivity contribution is 6.22. The van der Waals surface area contributed by atoms with Crippen LogP contribution in [-0.2, 0) is 24.6 Å². The number of hydrogen-bond acceptors (Lipinski definition) is 9. The molecule has 12 nitrogen and oxygen atoms in total. The number of carbonyl (C=O) groups is 4. The van der Waals surface area contributed by atoms with E-state index in [1.807, 2.05) is 55.5 Å². The number of methoxy groups -OCH3 is 1. The number of non-ortho nitro benzene ring substituents is 1. The van der Waals surface area contributed by atoms with Crippen LogP contribution >= 0.6 is 0 Å². The molecule has 4 aromatic carbocycles. The van der Waals surface area contributed by atoms with Crippen LogP contribution in [0, 0.1) is 40.7 Å². The van der Waals surface area contributed by atoms with E-state index < -0.39 is 63.6 Å². The first-order valence-electron chi connectivity index (χ1n) is 17.0. The fraction of sp³-hybridized carbons (Fsp3) is 0.250. The van der Waals surface area contributed by atoms with Crippen molar-refractivity contribution in [1.29, 1.82) is 0 Å². The smallest absolute Gasteiger partial charge is 0.269 e. The van der Waals surface area contributed by atoms with Crippen molar-refractivity contribution < 1.29 is 33.9 Å². The zero-order valence-corrected chi connectivity index (χ0v) is 28.3. The second-order valence-electron chi connectivity index (χ2n) is 13.8. The molecule has 2 aliphatic carbocycles. The van der Waals surface area contributed by atoms with Crippen LogP contribution in [0.2, 0.25) is 0 Å². The van der Waals surface area contributed by atoms with E-state index >= 15 is 4.79 Å². The molecule has 262 valence electrons. The van der Waals surface area contributed by atoms with E-state index in [2.05, 4.69) is 5.43 Å². The highest BCUT2D eigenvalue weighted by atomic mass is 16.6. The van der Waals surface area contributed by atoms with Crippen LogP contribution in [0.25, 0.3) is 0 Å². The molecule has 0 radical (unpaired) electrons. The molecule has 2 aliphatic heterocycles. The molecule has 2 N–H and O–H groups in total. The van der Waals surface area contributed by atoms with Crippen molar-refractivity contribution in [3.8, 4) is 11.5 Å². The van der Waals surface area contributed by atoms with Gasteiger partial charge < -0.3 is 9.84 Å². The molecule has 2 heterocycles. The number of anilines is 2. The third kappa shape index (κ3) is 4.74. The maximum atomic E-state index is 15.3. The lowest BCUT2D eigenvalue weighted by Crippen LogP contribution is -2.53. The number of ether oxygens (including phenoxy) is 1. The normalized spacial score (nSPS) is 26.4. The summed E-state index contributed by atoms with van der Waals surface area (Å²) in [5.41, 5.74) is 5.06. The van der Waals surface area contributed by atoms with Crippen molar-refractivity contribution in [1.82, 2.24) is 5.01 Å². The number of hydrogen-bond donors (Lipinski definition) is 2. The van der Waals surface area contributed by atoms with Crippen molar-refractivity contribution in [3.63, 3.8) is 0 Å². The molecule has 52 heavy (non-hydrogen) atoms. The van der Waals surface area contributed by atoms with Crippen LogP contribution < -0.4 is 15.1 Å². The summed E-state index contributed by atoms with van der Waals surface area (Å²) in [5.74, 6) is -5.62. The SMILES string of the molecule is COc1cc(O)ccc1[C@H]1C2=CC[C@@H]3C(=O)N(c4ccc([N+](=O)[O-])cc4)C(=O)[C@@H]3[C@@H]2C[C@H]2C(=O)N(Nc3ccc(C)cc3)C(=O)[C@@]12c1ccccc1. The maximum absolute atomic E-state index is 15.3. The molecule has 1 saturated carbocycles. The number of nitro benzene ring substituents is 1. The summed E-state index contributed by atoms with van der Waals surface area (Å²) in [6.07, 6.45) is 2.23. The van der Waals surface area contributed by atoms with Gasteiger partial charge in [-0.05, 0) is 61.6 Å². The standard InChI is InChI=1S/C40H34N4O8/c1-22-8-10-24(11-9-22)41-43-37(47)32-21-31-28(18-19-30-34(31)38(48)42(36(30)46)25-12-14-26(15-13-25)44(50)51)35(29-17-16-27(45)20-33(29)52-2)40(32,39(43)49)23-6-4-3-5-7-23/h3-18,20,30-32,34-35,41,45H,19,21H2,1-2H3/t30-,31+,32-,34-,35+,40+/m0/s1. The number of allylic oxidation sites excluding steroid dienone is 2. The Morgan fingerprint density at radius 2 is 1.60 bits per heavy atom. The van der Waals surface area contributed by atoms with Gasteiger partial charge in [-0.3, -0.25) is 39.6 Å². The topological polar surface area (TPSA) is 159 Å². The minimum absolute atomic E-state index is 0.0530. The maximum Gasteiger partial charge on any atom is 0.269 e. The van der Waals surface area contributed by atoms with Gasteiger partial charge in [0, 0.05) is 29.7 Å². The Kier molecular flexibility index (Phi) is 7.70. The number of aryl methyl sites for hydroxylation is 1. The van der Waals surface area contributed by atoms with E-state index in [0.29, 0.717) is 22.6 Å². The molecule has 0 bridgehead atoms. The highest BCUT2D eigenvalue weighted by Crippen LogP contribution is 2.65. The average molecular weight is 699 g/mol.